The fourth-order valence-corrected chi connectivity index (χ4v) is 3.02. The second-order valence-electron chi connectivity index (χ2n) is 6.03. The summed E-state index contributed by atoms with van der Waals surface area (Å²) < 4.78 is 43.0. The average molecular weight is 370 g/mol. The van der Waals surface area contributed by atoms with Crippen molar-refractivity contribution in [2.75, 3.05) is 0 Å². The molecule has 0 unspecified atom stereocenters. The molecular formula is C20H13F3N2O2. The molecule has 0 saturated heterocycles. The fourth-order valence-electron chi connectivity index (χ4n) is 3.02. The molecule has 1 heterocycles. The first-order valence-electron chi connectivity index (χ1n) is 8.04. The van der Waals surface area contributed by atoms with Gasteiger partial charge in [-0.15, -0.1) is 0 Å². The quantitative estimate of drug-likeness (QED) is 0.471. The SMILES string of the molecule is OC(O)c1cc(F)cc2[nH]c(-c3c(F)cc(-c4ccccc4)cc3F)nc12. The number of nitrogens with zero attached hydrogens (tertiary/aromatic N) is 1. The minimum atomic E-state index is -1.98. The molecule has 0 aliphatic carbocycles. The molecule has 0 saturated carbocycles. The van der Waals surface area contributed by atoms with Gasteiger partial charge in [-0.1, -0.05) is 30.3 Å². The number of rotatable bonds is 3. The Kier molecular flexibility index (Phi) is 4.18. The van der Waals surface area contributed by atoms with Crippen LogP contribution in [-0.2, 0) is 0 Å². The van der Waals surface area contributed by atoms with Crippen molar-refractivity contribution in [1.29, 1.82) is 0 Å². The van der Waals surface area contributed by atoms with Gasteiger partial charge < -0.3 is 15.2 Å². The van der Waals surface area contributed by atoms with Gasteiger partial charge >= 0.3 is 0 Å². The molecule has 27 heavy (non-hydrogen) atoms. The number of hydrogen-bond donors (Lipinski definition) is 3. The molecule has 0 aliphatic rings. The minimum absolute atomic E-state index is 0.0207. The monoisotopic (exact) mass is 370 g/mol. The highest BCUT2D eigenvalue weighted by Gasteiger charge is 2.20. The second kappa shape index (κ2) is 6.53. The zero-order valence-corrected chi connectivity index (χ0v) is 13.7. The van der Waals surface area contributed by atoms with Gasteiger partial charge in [0.25, 0.3) is 0 Å². The van der Waals surface area contributed by atoms with E-state index in [0.717, 1.165) is 12.1 Å². The summed E-state index contributed by atoms with van der Waals surface area (Å²) in [7, 11) is 0. The van der Waals surface area contributed by atoms with Gasteiger partial charge in [0.1, 0.15) is 23.3 Å². The van der Waals surface area contributed by atoms with Gasteiger partial charge in [0.15, 0.2) is 6.29 Å². The summed E-state index contributed by atoms with van der Waals surface area (Å²) in [5.41, 5.74) is 0.521. The molecular weight excluding hydrogens is 357 g/mol. The molecule has 7 heteroatoms. The highest BCUT2D eigenvalue weighted by atomic mass is 19.1. The number of aliphatic hydroxyl groups is 2. The number of nitrogens with one attached hydrogen (secondary N) is 1. The summed E-state index contributed by atoms with van der Waals surface area (Å²) >= 11 is 0. The fraction of sp³-hybridized carbons (Fsp3) is 0.0500. The summed E-state index contributed by atoms with van der Waals surface area (Å²) in [6.07, 6.45) is -1.98. The zero-order valence-electron chi connectivity index (χ0n) is 13.7. The number of hydrogen-bond acceptors (Lipinski definition) is 3. The maximum absolute atomic E-state index is 14.7. The van der Waals surface area contributed by atoms with Gasteiger partial charge in [0, 0.05) is 5.56 Å². The van der Waals surface area contributed by atoms with Crippen LogP contribution in [0.5, 0.6) is 0 Å². The number of aliphatic hydroxyl groups excluding tert-OH is 1. The third kappa shape index (κ3) is 3.07. The van der Waals surface area contributed by atoms with E-state index in [1.165, 1.54) is 12.1 Å². The first-order valence-corrected chi connectivity index (χ1v) is 8.04. The van der Waals surface area contributed by atoms with Gasteiger partial charge in [0.2, 0.25) is 0 Å². The number of halogens is 3. The van der Waals surface area contributed by atoms with Crippen LogP contribution in [0.2, 0.25) is 0 Å². The second-order valence-corrected chi connectivity index (χ2v) is 6.03. The Bertz CT molecular complexity index is 1120. The van der Waals surface area contributed by atoms with E-state index in [0.29, 0.717) is 11.1 Å². The van der Waals surface area contributed by atoms with Crippen LogP contribution in [0.3, 0.4) is 0 Å². The highest BCUT2D eigenvalue weighted by molar-refractivity contribution is 5.83. The minimum Gasteiger partial charge on any atom is -0.364 e. The van der Waals surface area contributed by atoms with E-state index in [4.69, 9.17) is 0 Å². The Balaban J connectivity index is 1.88. The molecule has 4 nitrogen and oxygen atoms in total. The molecule has 0 amide bonds. The van der Waals surface area contributed by atoms with Crippen LogP contribution in [0, 0.1) is 17.5 Å². The van der Waals surface area contributed by atoms with E-state index < -0.39 is 29.3 Å². The Morgan fingerprint density at radius 2 is 1.52 bits per heavy atom. The molecule has 0 bridgehead atoms. The first kappa shape index (κ1) is 17.3. The summed E-state index contributed by atoms with van der Waals surface area (Å²) in [6.45, 7) is 0. The highest BCUT2D eigenvalue weighted by Crippen LogP contribution is 2.32. The van der Waals surface area contributed by atoms with E-state index in [9.17, 15) is 23.4 Å². The van der Waals surface area contributed by atoms with Crippen molar-refractivity contribution in [2.45, 2.75) is 6.29 Å². The van der Waals surface area contributed by atoms with Crippen molar-refractivity contribution in [3.63, 3.8) is 0 Å². The molecule has 4 rings (SSSR count). The van der Waals surface area contributed by atoms with Gasteiger partial charge in [-0.2, -0.15) is 0 Å². The van der Waals surface area contributed by atoms with Crippen LogP contribution in [0.1, 0.15) is 11.9 Å². The average Bonchev–Trinajstić information content (AvgIpc) is 3.04. The summed E-state index contributed by atoms with van der Waals surface area (Å²) in [5.74, 6) is -2.60. The van der Waals surface area contributed by atoms with Gasteiger partial charge in [0.05, 0.1) is 16.6 Å². The maximum Gasteiger partial charge on any atom is 0.180 e. The van der Waals surface area contributed by atoms with Crippen molar-refractivity contribution in [2.24, 2.45) is 0 Å². The van der Waals surface area contributed by atoms with Crippen LogP contribution in [-0.4, -0.2) is 20.2 Å². The summed E-state index contributed by atoms with van der Waals surface area (Å²) in [6, 6.07) is 13.1. The van der Waals surface area contributed by atoms with Crippen molar-refractivity contribution >= 4 is 11.0 Å². The van der Waals surface area contributed by atoms with Crippen molar-refractivity contribution in [1.82, 2.24) is 9.97 Å². The molecule has 0 radical (unpaired) electrons. The van der Waals surface area contributed by atoms with Gasteiger partial charge in [-0.25, -0.2) is 18.2 Å². The molecule has 4 aromatic rings. The zero-order chi connectivity index (χ0) is 19.1. The molecule has 0 spiro atoms. The number of fused-ring (bicyclic) bond motifs is 1. The predicted octanol–water partition coefficient (Wildman–Crippen LogP) is 4.30. The Labute approximate surface area is 151 Å². The van der Waals surface area contributed by atoms with E-state index >= 15 is 0 Å². The molecule has 0 atom stereocenters. The lowest BCUT2D eigenvalue weighted by Crippen LogP contribution is -1.97. The third-order valence-corrected chi connectivity index (χ3v) is 4.25. The standard InChI is InChI=1S/C20H13F3N2O2/c21-12-8-13(20(26)27)18-16(9-12)24-19(25-18)17-14(22)6-11(7-15(17)23)10-4-2-1-3-5-10/h1-9,20,26-27H,(H,24,25). The molecule has 0 aliphatic heterocycles. The van der Waals surface area contributed by atoms with Crippen LogP contribution in [0.25, 0.3) is 33.5 Å². The van der Waals surface area contributed by atoms with Crippen molar-refractivity contribution in [3.05, 3.63) is 77.6 Å². The molecule has 3 N–H and O–H groups in total. The first-order chi connectivity index (χ1) is 12.9. The lowest BCUT2D eigenvalue weighted by molar-refractivity contribution is -0.0416. The van der Waals surface area contributed by atoms with Crippen LogP contribution in [0.4, 0.5) is 13.2 Å². The van der Waals surface area contributed by atoms with Gasteiger partial charge in [-0.3, -0.25) is 0 Å². The molecule has 1 aromatic heterocycles. The molecule has 3 aromatic carbocycles. The third-order valence-electron chi connectivity index (χ3n) is 4.25. The van der Waals surface area contributed by atoms with Crippen LogP contribution < -0.4 is 0 Å². The Hall–Kier alpha value is -3.16. The van der Waals surface area contributed by atoms with Crippen LogP contribution >= 0.6 is 0 Å². The number of benzene rings is 3. The smallest absolute Gasteiger partial charge is 0.180 e. The van der Waals surface area contributed by atoms with Crippen LogP contribution in [0.15, 0.2) is 54.6 Å². The summed E-state index contributed by atoms with van der Waals surface area (Å²) in [5, 5.41) is 18.8. The maximum atomic E-state index is 14.7. The predicted molar refractivity (Wildman–Crippen MR) is 94.0 cm³/mol. The number of imidazole rings is 1. The van der Waals surface area contributed by atoms with E-state index in [1.807, 2.05) is 0 Å². The molecule has 0 fully saturated rings. The van der Waals surface area contributed by atoms with Gasteiger partial charge in [-0.05, 0) is 35.4 Å². The number of H-pyrrole nitrogens is 1. The Morgan fingerprint density at radius 3 is 2.15 bits per heavy atom. The number of aromatic amines is 1. The van der Waals surface area contributed by atoms with Crippen molar-refractivity contribution < 1.29 is 23.4 Å². The van der Waals surface area contributed by atoms with E-state index in [1.54, 1.807) is 30.3 Å². The largest absolute Gasteiger partial charge is 0.364 e. The summed E-state index contributed by atoms with van der Waals surface area (Å²) in [4.78, 5) is 6.68. The molecule has 136 valence electrons. The lowest BCUT2D eigenvalue weighted by atomic mass is 10.0. The normalized spacial score (nSPS) is 11.5. The van der Waals surface area contributed by atoms with E-state index in [-0.39, 0.29) is 22.4 Å². The topological polar surface area (TPSA) is 69.1 Å². The van der Waals surface area contributed by atoms with Crippen molar-refractivity contribution in [3.8, 4) is 22.5 Å². The number of aromatic nitrogens is 2. The lowest BCUT2D eigenvalue weighted by Gasteiger charge is -2.07. The Morgan fingerprint density at radius 1 is 0.852 bits per heavy atom. The van der Waals surface area contributed by atoms with E-state index in [2.05, 4.69) is 9.97 Å².